The van der Waals surface area contributed by atoms with Gasteiger partial charge in [0, 0.05) is 23.2 Å². The van der Waals surface area contributed by atoms with Gasteiger partial charge in [-0.05, 0) is 39.5 Å². The average Bonchev–Trinajstić information content (AvgIpc) is 3.09. The summed E-state index contributed by atoms with van der Waals surface area (Å²) in [5, 5.41) is 8.61. The molecule has 0 bridgehead atoms. The summed E-state index contributed by atoms with van der Waals surface area (Å²) in [6, 6.07) is 0. The third kappa shape index (κ3) is 2.18. The highest BCUT2D eigenvalue weighted by atomic mass is 16.5. The van der Waals surface area contributed by atoms with Crippen LogP contribution >= 0.6 is 0 Å². The Kier molecular flexibility index (Phi) is 3.51. The lowest BCUT2D eigenvalue weighted by molar-refractivity contribution is 0.391. The van der Waals surface area contributed by atoms with Crippen molar-refractivity contribution in [3.05, 3.63) is 44.6 Å². The summed E-state index contributed by atoms with van der Waals surface area (Å²) in [7, 11) is 0. The zero-order valence-electron chi connectivity index (χ0n) is 14.3. The van der Waals surface area contributed by atoms with Crippen molar-refractivity contribution in [3.63, 3.8) is 0 Å². The molecule has 0 radical (unpaired) electrons. The molecule has 3 aromatic rings. The van der Waals surface area contributed by atoms with Gasteiger partial charge in [0.15, 0.2) is 5.65 Å². The largest absolute Gasteiger partial charge is 0.361 e. The first kappa shape index (κ1) is 15.1. The predicted molar refractivity (Wildman–Crippen MR) is 88.3 cm³/mol. The molecule has 0 spiro atoms. The Bertz CT molecular complexity index is 960. The lowest BCUT2D eigenvalue weighted by Crippen LogP contribution is -2.25. The van der Waals surface area contributed by atoms with Crippen molar-refractivity contribution in [3.8, 4) is 0 Å². The molecule has 0 amide bonds. The van der Waals surface area contributed by atoms with Gasteiger partial charge >= 0.3 is 5.69 Å². The number of fused-ring (bicyclic) bond motifs is 3. The van der Waals surface area contributed by atoms with E-state index in [-0.39, 0.29) is 5.69 Å². The zero-order valence-corrected chi connectivity index (χ0v) is 14.3. The smallest absolute Gasteiger partial charge is 0.352 e. The molecule has 0 N–H and O–H groups in total. The van der Waals surface area contributed by atoms with Crippen molar-refractivity contribution in [1.29, 1.82) is 0 Å². The molecule has 0 fully saturated rings. The minimum Gasteiger partial charge on any atom is -0.361 e. The van der Waals surface area contributed by atoms with Crippen LogP contribution in [0.25, 0.3) is 5.65 Å². The normalized spacial score (nSPS) is 14.3. The summed E-state index contributed by atoms with van der Waals surface area (Å²) in [5.74, 6) is 1.52. The predicted octanol–water partition coefficient (Wildman–Crippen LogP) is 1.99. The van der Waals surface area contributed by atoms with Gasteiger partial charge in [0.1, 0.15) is 11.6 Å². The maximum atomic E-state index is 12.9. The number of rotatable bonds is 3. The number of aryl methyl sites for hydroxylation is 5. The molecule has 3 aromatic heterocycles. The van der Waals surface area contributed by atoms with Gasteiger partial charge in [-0.2, -0.15) is 0 Å². The van der Waals surface area contributed by atoms with Crippen LogP contribution in [-0.2, 0) is 25.8 Å². The molecular formula is C17H21N5O2. The lowest BCUT2D eigenvalue weighted by atomic mass is 9.97. The van der Waals surface area contributed by atoms with E-state index in [0.29, 0.717) is 13.0 Å². The summed E-state index contributed by atoms with van der Waals surface area (Å²) >= 11 is 0. The van der Waals surface area contributed by atoms with Crippen LogP contribution in [0.1, 0.15) is 53.9 Å². The molecule has 0 atom stereocenters. The maximum Gasteiger partial charge on any atom is 0.352 e. The van der Waals surface area contributed by atoms with Crippen LogP contribution in [0.5, 0.6) is 0 Å². The van der Waals surface area contributed by atoms with E-state index in [1.807, 2.05) is 20.8 Å². The number of hydrogen-bond donors (Lipinski definition) is 0. The first-order valence-corrected chi connectivity index (χ1v) is 8.52. The number of nitrogens with zero attached hydrogens (tertiary/aromatic N) is 5. The Balaban J connectivity index is 1.92. The Hall–Kier alpha value is -2.44. The molecule has 0 aromatic carbocycles. The molecule has 1 aliphatic carbocycles. The molecule has 7 nitrogen and oxygen atoms in total. The Labute approximate surface area is 139 Å². The van der Waals surface area contributed by atoms with Gasteiger partial charge in [0.05, 0.1) is 12.2 Å². The van der Waals surface area contributed by atoms with Gasteiger partial charge in [0.2, 0.25) is 0 Å². The van der Waals surface area contributed by atoms with Crippen LogP contribution in [0.15, 0.2) is 9.32 Å². The summed E-state index contributed by atoms with van der Waals surface area (Å²) < 4.78 is 8.40. The minimum atomic E-state index is -0.136. The topological polar surface area (TPSA) is 78.2 Å². The fraction of sp³-hybridized carbons (Fsp3) is 0.529. The molecule has 1 aliphatic rings. The van der Waals surface area contributed by atoms with Gasteiger partial charge in [-0.25, -0.2) is 18.9 Å². The van der Waals surface area contributed by atoms with Gasteiger partial charge in [-0.3, -0.25) is 0 Å². The molecule has 0 saturated carbocycles. The van der Waals surface area contributed by atoms with Crippen LogP contribution < -0.4 is 5.69 Å². The van der Waals surface area contributed by atoms with E-state index in [9.17, 15) is 4.79 Å². The molecule has 24 heavy (non-hydrogen) atoms. The summed E-state index contributed by atoms with van der Waals surface area (Å²) in [5.41, 5.74) is 4.59. The van der Waals surface area contributed by atoms with E-state index in [0.717, 1.165) is 65.4 Å². The SMILES string of the molecule is CCc1nc2c(c3nn(Cc4c(C)noc4C)c(=O)n13)CCCC2. The number of aromatic nitrogens is 5. The lowest BCUT2D eigenvalue weighted by Gasteiger charge is -2.16. The quantitative estimate of drug-likeness (QED) is 0.735. The van der Waals surface area contributed by atoms with Gasteiger partial charge in [-0.1, -0.05) is 12.1 Å². The van der Waals surface area contributed by atoms with E-state index in [2.05, 4.69) is 10.3 Å². The second-order valence-electron chi connectivity index (χ2n) is 6.42. The maximum absolute atomic E-state index is 12.9. The van der Waals surface area contributed by atoms with Crippen molar-refractivity contribution in [1.82, 2.24) is 24.3 Å². The fourth-order valence-corrected chi connectivity index (χ4v) is 3.51. The van der Waals surface area contributed by atoms with Crippen LogP contribution in [0.2, 0.25) is 0 Å². The van der Waals surface area contributed by atoms with E-state index in [1.54, 1.807) is 4.40 Å². The second-order valence-corrected chi connectivity index (χ2v) is 6.42. The molecule has 3 heterocycles. The highest BCUT2D eigenvalue weighted by Crippen LogP contribution is 2.23. The minimum absolute atomic E-state index is 0.136. The van der Waals surface area contributed by atoms with E-state index < -0.39 is 0 Å². The monoisotopic (exact) mass is 327 g/mol. The van der Waals surface area contributed by atoms with E-state index in [4.69, 9.17) is 9.51 Å². The second kappa shape index (κ2) is 5.58. The van der Waals surface area contributed by atoms with E-state index in [1.165, 1.54) is 4.68 Å². The Morgan fingerprint density at radius 1 is 1.21 bits per heavy atom. The standard InChI is InChI=1S/C17H21N5O2/c1-4-15-18-14-8-6-5-7-12(14)16-19-21(17(23)22(15)16)9-13-10(2)20-24-11(13)3/h4-9H2,1-3H3. The Morgan fingerprint density at radius 2 is 2.00 bits per heavy atom. The van der Waals surface area contributed by atoms with Crippen molar-refractivity contribution in [2.24, 2.45) is 0 Å². The summed E-state index contributed by atoms with van der Waals surface area (Å²) in [6.07, 6.45) is 4.91. The zero-order chi connectivity index (χ0) is 16.8. The van der Waals surface area contributed by atoms with Crippen LogP contribution in [0.3, 0.4) is 0 Å². The summed E-state index contributed by atoms with van der Waals surface area (Å²) in [6.45, 7) is 6.14. The first-order valence-electron chi connectivity index (χ1n) is 8.52. The van der Waals surface area contributed by atoms with Crippen LogP contribution in [0, 0.1) is 13.8 Å². The van der Waals surface area contributed by atoms with E-state index >= 15 is 0 Å². The molecule has 126 valence electrons. The van der Waals surface area contributed by atoms with Gasteiger partial charge in [-0.15, -0.1) is 5.10 Å². The van der Waals surface area contributed by atoms with Crippen LogP contribution in [-0.4, -0.2) is 24.3 Å². The third-order valence-electron chi connectivity index (χ3n) is 4.88. The highest BCUT2D eigenvalue weighted by Gasteiger charge is 2.22. The third-order valence-corrected chi connectivity index (χ3v) is 4.88. The molecule has 0 unspecified atom stereocenters. The average molecular weight is 327 g/mol. The van der Waals surface area contributed by atoms with Gasteiger partial charge in [0.25, 0.3) is 0 Å². The molecule has 7 heteroatoms. The Morgan fingerprint density at radius 3 is 2.71 bits per heavy atom. The van der Waals surface area contributed by atoms with Crippen molar-refractivity contribution in [2.75, 3.05) is 0 Å². The highest BCUT2D eigenvalue weighted by molar-refractivity contribution is 5.50. The molecular weight excluding hydrogens is 306 g/mol. The molecule has 4 rings (SSSR count). The van der Waals surface area contributed by atoms with Crippen molar-refractivity contribution in [2.45, 2.75) is 59.4 Å². The molecule has 0 saturated heterocycles. The summed E-state index contributed by atoms with van der Waals surface area (Å²) in [4.78, 5) is 17.7. The van der Waals surface area contributed by atoms with Gasteiger partial charge < -0.3 is 4.52 Å². The van der Waals surface area contributed by atoms with Crippen molar-refractivity contribution >= 4 is 5.65 Å². The molecule has 0 aliphatic heterocycles. The fourth-order valence-electron chi connectivity index (χ4n) is 3.51. The number of hydrogen-bond acceptors (Lipinski definition) is 5. The first-order chi connectivity index (χ1) is 11.6. The van der Waals surface area contributed by atoms with Crippen molar-refractivity contribution < 1.29 is 4.52 Å². The van der Waals surface area contributed by atoms with Crippen LogP contribution in [0.4, 0.5) is 0 Å².